The van der Waals surface area contributed by atoms with Gasteiger partial charge in [0.05, 0.1) is 7.11 Å². The highest BCUT2D eigenvalue weighted by molar-refractivity contribution is 5.94. The van der Waals surface area contributed by atoms with Crippen LogP contribution in [0.25, 0.3) is 22.2 Å². The fourth-order valence-corrected chi connectivity index (χ4v) is 2.93. The summed E-state index contributed by atoms with van der Waals surface area (Å²) in [4.78, 5) is 17.4. The lowest BCUT2D eigenvalue weighted by Crippen LogP contribution is -2.10. The van der Waals surface area contributed by atoms with Crippen molar-refractivity contribution in [2.45, 2.75) is 6.42 Å². The number of methoxy groups -OCH3 is 1. The fraction of sp³-hybridized carbons (Fsp3) is 0.143. The van der Waals surface area contributed by atoms with Crippen molar-refractivity contribution in [1.29, 1.82) is 0 Å². The highest BCUT2D eigenvalue weighted by Crippen LogP contribution is 2.27. The van der Waals surface area contributed by atoms with Crippen LogP contribution in [0.15, 0.2) is 60.9 Å². The van der Waals surface area contributed by atoms with Gasteiger partial charge in [0.2, 0.25) is 5.95 Å². The van der Waals surface area contributed by atoms with Gasteiger partial charge in [-0.1, -0.05) is 30.3 Å². The number of aromatic nitrogens is 4. The van der Waals surface area contributed by atoms with Crippen LogP contribution in [-0.4, -0.2) is 33.6 Å². The van der Waals surface area contributed by atoms with Crippen LogP contribution in [0, 0.1) is 5.82 Å². The van der Waals surface area contributed by atoms with E-state index < -0.39 is 0 Å². The monoisotopic (exact) mass is 375 g/mol. The Balaban J connectivity index is 1.60. The van der Waals surface area contributed by atoms with E-state index in [4.69, 9.17) is 4.74 Å². The number of halogens is 1. The molecule has 1 N–H and O–H groups in total. The number of pyridine rings is 1. The average Bonchev–Trinajstić information content (AvgIpc) is 2.74. The van der Waals surface area contributed by atoms with Gasteiger partial charge in [-0.25, -0.2) is 4.39 Å². The molecule has 2 heterocycles. The second-order valence-corrected chi connectivity index (χ2v) is 6.17. The number of anilines is 1. The molecule has 0 saturated heterocycles. The van der Waals surface area contributed by atoms with Crippen molar-refractivity contribution in [2.75, 3.05) is 19.0 Å². The number of nitrogens with one attached hydrogen (secondary N) is 1. The Labute approximate surface area is 161 Å². The van der Waals surface area contributed by atoms with Gasteiger partial charge in [-0.3, -0.25) is 4.98 Å². The molecule has 2 aromatic heterocycles. The Morgan fingerprint density at radius 3 is 2.68 bits per heavy atom. The second kappa shape index (κ2) is 7.96. The second-order valence-electron chi connectivity index (χ2n) is 6.17. The predicted molar refractivity (Wildman–Crippen MR) is 106 cm³/mol. The summed E-state index contributed by atoms with van der Waals surface area (Å²) in [6.07, 6.45) is 4.26. The summed E-state index contributed by atoms with van der Waals surface area (Å²) < 4.78 is 18.3. The Bertz CT molecular complexity index is 1100. The summed E-state index contributed by atoms with van der Waals surface area (Å²) >= 11 is 0. The van der Waals surface area contributed by atoms with Crippen LogP contribution < -0.4 is 10.1 Å². The van der Waals surface area contributed by atoms with Gasteiger partial charge in [-0.15, -0.1) is 0 Å². The standard InChI is InChI=1S/C21H18FN5O/c1-28-21-26-19(18-4-2-3-15-13-23-11-10-17(15)18)25-20(27-21)24-12-9-14-5-7-16(22)8-6-14/h2-8,10-11,13H,9,12H2,1H3,(H,24,25,26,27). The molecule has 0 fully saturated rings. The zero-order chi connectivity index (χ0) is 19.3. The molecule has 0 aliphatic rings. The predicted octanol–water partition coefficient (Wildman–Crippen LogP) is 3.89. The number of ether oxygens (including phenoxy) is 1. The van der Waals surface area contributed by atoms with E-state index in [-0.39, 0.29) is 11.8 Å². The van der Waals surface area contributed by atoms with E-state index in [0.717, 1.165) is 21.9 Å². The van der Waals surface area contributed by atoms with Crippen molar-refractivity contribution in [3.63, 3.8) is 0 Å². The van der Waals surface area contributed by atoms with Gasteiger partial charge in [-0.2, -0.15) is 15.0 Å². The normalized spacial score (nSPS) is 10.8. The lowest BCUT2D eigenvalue weighted by Gasteiger charge is -2.10. The summed E-state index contributed by atoms with van der Waals surface area (Å²) in [5.74, 6) is 0.705. The SMILES string of the molecule is COc1nc(NCCc2ccc(F)cc2)nc(-c2cccc3cnccc23)n1. The molecule has 6 nitrogen and oxygen atoms in total. The third-order valence-electron chi connectivity index (χ3n) is 4.33. The molecule has 0 amide bonds. The number of hydrogen-bond acceptors (Lipinski definition) is 6. The molecule has 4 aromatic rings. The van der Waals surface area contributed by atoms with Gasteiger partial charge in [-0.05, 0) is 35.6 Å². The molecule has 28 heavy (non-hydrogen) atoms. The third-order valence-corrected chi connectivity index (χ3v) is 4.33. The van der Waals surface area contributed by atoms with Gasteiger partial charge >= 0.3 is 6.01 Å². The lowest BCUT2D eigenvalue weighted by molar-refractivity contribution is 0.379. The number of nitrogens with zero attached hydrogens (tertiary/aromatic N) is 4. The van der Waals surface area contributed by atoms with E-state index >= 15 is 0 Å². The molecule has 0 bridgehead atoms. The molecule has 0 aliphatic carbocycles. The van der Waals surface area contributed by atoms with Crippen LogP contribution in [0.1, 0.15) is 5.56 Å². The Hall–Kier alpha value is -3.61. The van der Waals surface area contributed by atoms with E-state index in [0.29, 0.717) is 24.7 Å². The van der Waals surface area contributed by atoms with Gasteiger partial charge in [0, 0.05) is 29.9 Å². The highest BCUT2D eigenvalue weighted by Gasteiger charge is 2.11. The number of rotatable bonds is 6. The van der Waals surface area contributed by atoms with Gasteiger partial charge in [0.25, 0.3) is 0 Å². The third kappa shape index (κ3) is 3.88. The minimum Gasteiger partial charge on any atom is -0.467 e. The van der Waals surface area contributed by atoms with Crippen LogP contribution >= 0.6 is 0 Å². The van der Waals surface area contributed by atoms with Gasteiger partial charge in [0.1, 0.15) is 5.82 Å². The average molecular weight is 375 g/mol. The van der Waals surface area contributed by atoms with Crippen molar-refractivity contribution in [2.24, 2.45) is 0 Å². The molecule has 0 spiro atoms. The molecule has 4 rings (SSSR count). The smallest absolute Gasteiger partial charge is 0.321 e. The summed E-state index contributed by atoms with van der Waals surface area (Å²) in [5, 5.41) is 5.20. The zero-order valence-electron chi connectivity index (χ0n) is 15.3. The van der Waals surface area contributed by atoms with E-state index in [2.05, 4.69) is 25.3 Å². The Morgan fingerprint density at radius 2 is 1.86 bits per heavy atom. The largest absolute Gasteiger partial charge is 0.467 e. The van der Waals surface area contributed by atoms with Crippen molar-refractivity contribution >= 4 is 16.7 Å². The van der Waals surface area contributed by atoms with Crippen molar-refractivity contribution in [3.05, 3.63) is 72.3 Å². The van der Waals surface area contributed by atoms with Crippen LogP contribution in [0.2, 0.25) is 0 Å². The molecule has 0 unspecified atom stereocenters. The topological polar surface area (TPSA) is 72.8 Å². The minimum atomic E-state index is -0.242. The van der Waals surface area contributed by atoms with Crippen LogP contribution in [0.4, 0.5) is 10.3 Å². The summed E-state index contributed by atoms with van der Waals surface area (Å²) in [7, 11) is 1.52. The molecule has 140 valence electrons. The molecular weight excluding hydrogens is 357 g/mol. The maximum absolute atomic E-state index is 13.0. The molecule has 0 aliphatic heterocycles. The zero-order valence-corrected chi connectivity index (χ0v) is 15.3. The fourth-order valence-electron chi connectivity index (χ4n) is 2.93. The first-order chi connectivity index (χ1) is 13.7. The molecule has 0 radical (unpaired) electrons. The minimum absolute atomic E-state index is 0.236. The first kappa shape index (κ1) is 17.8. The summed E-state index contributed by atoms with van der Waals surface area (Å²) in [6, 6.07) is 14.5. The van der Waals surface area contributed by atoms with E-state index in [1.54, 1.807) is 24.5 Å². The molecule has 0 atom stereocenters. The van der Waals surface area contributed by atoms with Crippen molar-refractivity contribution in [3.8, 4) is 17.4 Å². The molecular formula is C21H18FN5O. The van der Waals surface area contributed by atoms with Crippen LogP contribution in [0.5, 0.6) is 6.01 Å². The van der Waals surface area contributed by atoms with Crippen LogP contribution in [0.3, 0.4) is 0 Å². The van der Waals surface area contributed by atoms with Gasteiger partial charge in [0.15, 0.2) is 5.82 Å². The maximum atomic E-state index is 13.0. The summed E-state index contributed by atoms with van der Waals surface area (Å²) in [5.41, 5.74) is 1.90. The molecule has 2 aromatic carbocycles. The van der Waals surface area contributed by atoms with E-state index in [1.165, 1.54) is 19.2 Å². The first-order valence-corrected chi connectivity index (χ1v) is 8.84. The quantitative estimate of drug-likeness (QED) is 0.551. The van der Waals surface area contributed by atoms with E-state index in [1.807, 2.05) is 24.3 Å². The van der Waals surface area contributed by atoms with Crippen LogP contribution in [-0.2, 0) is 6.42 Å². The highest BCUT2D eigenvalue weighted by atomic mass is 19.1. The number of fused-ring (bicyclic) bond motifs is 1. The lowest BCUT2D eigenvalue weighted by atomic mass is 10.1. The maximum Gasteiger partial charge on any atom is 0.321 e. The van der Waals surface area contributed by atoms with Gasteiger partial charge < -0.3 is 10.1 Å². The number of hydrogen-bond donors (Lipinski definition) is 1. The Kier molecular flexibility index (Phi) is 5.05. The Morgan fingerprint density at radius 1 is 1.00 bits per heavy atom. The van der Waals surface area contributed by atoms with E-state index in [9.17, 15) is 4.39 Å². The van der Waals surface area contributed by atoms with Crippen molar-refractivity contribution in [1.82, 2.24) is 19.9 Å². The molecule has 7 heteroatoms. The summed E-state index contributed by atoms with van der Waals surface area (Å²) in [6.45, 7) is 0.595. The molecule has 0 saturated carbocycles. The first-order valence-electron chi connectivity index (χ1n) is 8.84. The number of benzene rings is 2. The van der Waals surface area contributed by atoms with Crippen molar-refractivity contribution < 1.29 is 9.13 Å².